The zero-order valence-electron chi connectivity index (χ0n) is 9.90. The Bertz CT molecular complexity index is 478. The first kappa shape index (κ1) is 13.8. The Morgan fingerprint density at radius 1 is 1.37 bits per heavy atom. The molecule has 3 N–H and O–H groups in total. The lowest BCUT2D eigenvalue weighted by Gasteiger charge is -2.22. The van der Waals surface area contributed by atoms with E-state index >= 15 is 0 Å². The van der Waals surface area contributed by atoms with Crippen LogP contribution in [0.4, 0.5) is 13.2 Å². The highest BCUT2D eigenvalue weighted by atomic mass is 19.4. The summed E-state index contributed by atoms with van der Waals surface area (Å²) in [6.45, 7) is -0.0494. The molecule has 8 heteroatoms. The van der Waals surface area contributed by atoms with Gasteiger partial charge in [-0.05, 0) is 17.7 Å². The van der Waals surface area contributed by atoms with Crippen molar-refractivity contribution in [3.63, 3.8) is 0 Å². The molecule has 0 spiro atoms. The van der Waals surface area contributed by atoms with Crippen LogP contribution >= 0.6 is 0 Å². The van der Waals surface area contributed by atoms with Crippen molar-refractivity contribution in [2.75, 3.05) is 13.9 Å². The fourth-order valence-corrected chi connectivity index (χ4v) is 1.73. The molecule has 0 fully saturated rings. The molecular weight excluding hydrogens is 267 g/mol. The lowest BCUT2D eigenvalue weighted by Crippen LogP contribution is -2.38. The number of rotatable bonds is 3. The lowest BCUT2D eigenvalue weighted by molar-refractivity contribution is -0.210. The fourth-order valence-electron chi connectivity index (χ4n) is 1.73. The number of nitrogens with two attached hydrogens (primary N) is 1. The van der Waals surface area contributed by atoms with Crippen molar-refractivity contribution >= 4 is 0 Å². The van der Waals surface area contributed by atoms with Crippen LogP contribution in [0.2, 0.25) is 0 Å². The van der Waals surface area contributed by atoms with Crippen LogP contribution in [0.5, 0.6) is 17.2 Å². The highest BCUT2D eigenvalue weighted by molar-refractivity contribution is 5.55. The van der Waals surface area contributed by atoms with Gasteiger partial charge in [-0.15, -0.1) is 0 Å². The molecule has 5 nitrogen and oxygen atoms in total. The van der Waals surface area contributed by atoms with Crippen molar-refractivity contribution in [3.05, 3.63) is 17.7 Å². The van der Waals surface area contributed by atoms with Crippen LogP contribution in [0.1, 0.15) is 11.6 Å². The van der Waals surface area contributed by atoms with Crippen LogP contribution < -0.4 is 19.9 Å². The van der Waals surface area contributed by atoms with E-state index in [2.05, 4.69) is 0 Å². The molecule has 19 heavy (non-hydrogen) atoms. The van der Waals surface area contributed by atoms with Crippen molar-refractivity contribution < 1.29 is 32.5 Å². The molecule has 106 valence electrons. The Balaban J connectivity index is 2.36. The molecule has 0 amide bonds. The van der Waals surface area contributed by atoms with Gasteiger partial charge in [0.1, 0.15) is 0 Å². The predicted molar refractivity (Wildman–Crippen MR) is 58.1 cm³/mol. The molecule has 2 rings (SSSR count). The summed E-state index contributed by atoms with van der Waals surface area (Å²) in [7, 11) is 1.34. The normalized spacial score (nSPS) is 17.2. The third kappa shape index (κ3) is 2.54. The van der Waals surface area contributed by atoms with Crippen LogP contribution in [0.25, 0.3) is 0 Å². The first-order valence-electron chi connectivity index (χ1n) is 5.32. The Hall–Kier alpha value is -1.67. The van der Waals surface area contributed by atoms with Crippen LogP contribution in [-0.2, 0) is 0 Å². The molecular formula is C11H12F3NO4. The van der Waals surface area contributed by atoms with Crippen molar-refractivity contribution in [1.29, 1.82) is 0 Å². The zero-order chi connectivity index (χ0) is 14.2. The zero-order valence-corrected chi connectivity index (χ0v) is 9.90. The van der Waals surface area contributed by atoms with Gasteiger partial charge < -0.3 is 25.1 Å². The molecule has 0 radical (unpaired) electrons. The summed E-state index contributed by atoms with van der Waals surface area (Å²) in [5, 5.41) is 9.16. The van der Waals surface area contributed by atoms with E-state index in [-0.39, 0.29) is 23.9 Å². The minimum Gasteiger partial charge on any atom is -0.493 e. The maximum atomic E-state index is 12.4. The second-order valence-corrected chi connectivity index (χ2v) is 3.97. The molecule has 1 heterocycles. The second kappa shape index (κ2) is 4.78. The van der Waals surface area contributed by atoms with Crippen LogP contribution in [0.3, 0.4) is 0 Å². The molecule has 0 saturated carbocycles. The van der Waals surface area contributed by atoms with Gasteiger partial charge in [0.2, 0.25) is 12.5 Å². The summed E-state index contributed by atoms with van der Waals surface area (Å²) in [5.74, 6) is 0.744. The first-order valence-corrected chi connectivity index (χ1v) is 5.32. The number of alkyl halides is 3. The van der Waals surface area contributed by atoms with E-state index < -0.39 is 18.3 Å². The average Bonchev–Trinajstić information content (AvgIpc) is 2.82. The molecule has 0 aliphatic carbocycles. The summed E-state index contributed by atoms with van der Waals surface area (Å²) >= 11 is 0. The number of aliphatic hydroxyl groups is 1. The minimum absolute atomic E-state index is 0.0472. The van der Waals surface area contributed by atoms with Gasteiger partial charge in [0, 0.05) is 0 Å². The molecule has 0 aromatic heterocycles. The monoisotopic (exact) mass is 279 g/mol. The highest BCUT2D eigenvalue weighted by Gasteiger charge is 2.43. The molecule has 1 aliphatic rings. The Kier molecular flexibility index (Phi) is 3.46. The van der Waals surface area contributed by atoms with Gasteiger partial charge in [-0.1, -0.05) is 0 Å². The summed E-state index contributed by atoms with van der Waals surface area (Å²) < 4.78 is 52.5. The molecule has 1 aromatic rings. The number of halogens is 3. The lowest BCUT2D eigenvalue weighted by atomic mass is 10.0. The quantitative estimate of drug-likeness (QED) is 0.873. The minimum atomic E-state index is -4.80. The van der Waals surface area contributed by atoms with E-state index in [1.165, 1.54) is 19.2 Å². The van der Waals surface area contributed by atoms with Crippen molar-refractivity contribution in [3.8, 4) is 17.2 Å². The van der Waals surface area contributed by atoms with E-state index in [1.54, 1.807) is 0 Å². The number of fused-ring (bicyclic) bond motifs is 1. The summed E-state index contributed by atoms with van der Waals surface area (Å²) in [6, 6.07) is 0.945. The van der Waals surface area contributed by atoms with Gasteiger partial charge in [0.25, 0.3) is 0 Å². The second-order valence-electron chi connectivity index (χ2n) is 3.97. The Morgan fingerprint density at radius 2 is 2.05 bits per heavy atom. The smallest absolute Gasteiger partial charge is 0.416 e. The summed E-state index contributed by atoms with van der Waals surface area (Å²) in [5.41, 5.74) is 5.47. The van der Waals surface area contributed by atoms with E-state index in [9.17, 15) is 13.2 Å². The number of aliphatic hydroxyl groups excluding tert-OH is 1. The fraction of sp³-hybridized carbons (Fsp3) is 0.455. The topological polar surface area (TPSA) is 73.9 Å². The predicted octanol–water partition coefficient (Wildman–Crippen LogP) is 1.35. The van der Waals surface area contributed by atoms with Crippen molar-refractivity contribution in [1.82, 2.24) is 0 Å². The van der Waals surface area contributed by atoms with Crippen molar-refractivity contribution in [2.45, 2.75) is 18.3 Å². The third-order valence-corrected chi connectivity index (χ3v) is 2.74. The average molecular weight is 279 g/mol. The molecule has 1 aliphatic heterocycles. The Labute approximate surface area is 106 Å². The van der Waals surface area contributed by atoms with Gasteiger partial charge in [0.05, 0.1) is 13.2 Å². The number of hydrogen-bond donors (Lipinski definition) is 2. The molecule has 0 saturated heterocycles. The van der Waals surface area contributed by atoms with Crippen LogP contribution in [0.15, 0.2) is 12.1 Å². The molecule has 1 aromatic carbocycles. The number of benzene rings is 1. The highest BCUT2D eigenvalue weighted by Crippen LogP contribution is 2.43. The Morgan fingerprint density at radius 3 is 2.63 bits per heavy atom. The van der Waals surface area contributed by atoms with Gasteiger partial charge in [0.15, 0.2) is 17.6 Å². The standard InChI is InChI=1S/C11H12F3NO4/c1-17-6-2-5(3-7-9(6)19-4-18-7)8(15)10(16)11(12,13)14/h2-3,8,10,16H,4,15H2,1H3/t8-,10-/m0/s1. The maximum absolute atomic E-state index is 12.4. The van der Waals surface area contributed by atoms with E-state index in [4.69, 9.17) is 25.1 Å². The van der Waals surface area contributed by atoms with Gasteiger partial charge in [-0.3, -0.25) is 0 Å². The van der Waals surface area contributed by atoms with Crippen molar-refractivity contribution in [2.24, 2.45) is 5.73 Å². The van der Waals surface area contributed by atoms with E-state index in [0.29, 0.717) is 5.75 Å². The number of ether oxygens (including phenoxy) is 3. The SMILES string of the molecule is COc1cc([C@H](N)[C@H](O)C(F)(F)F)cc2c1OCO2. The number of hydrogen-bond acceptors (Lipinski definition) is 5. The van der Waals surface area contributed by atoms with Crippen LogP contribution in [0, 0.1) is 0 Å². The third-order valence-electron chi connectivity index (χ3n) is 2.74. The van der Waals surface area contributed by atoms with Gasteiger partial charge >= 0.3 is 6.18 Å². The van der Waals surface area contributed by atoms with Gasteiger partial charge in [-0.25, -0.2) is 0 Å². The first-order chi connectivity index (χ1) is 8.84. The largest absolute Gasteiger partial charge is 0.493 e. The maximum Gasteiger partial charge on any atom is 0.416 e. The van der Waals surface area contributed by atoms with Crippen LogP contribution in [-0.4, -0.2) is 31.3 Å². The van der Waals surface area contributed by atoms with E-state index in [1.807, 2.05) is 0 Å². The summed E-state index contributed by atoms with van der Waals surface area (Å²) in [4.78, 5) is 0. The molecule has 2 atom stereocenters. The summed E-state index contributed by atoms with van der Waals surface area (Å²) in [6.07, 6.45) is -7.47. The number of methoxy groups -OCH3 is 1. The van der Waals surface area contributed by atoms with E-state index in [0.717, 1.165) is 0 Å². The molecule has 0 bridgehead atoms. The molecule has 0 unspecified atom stereocenters. The van der Waals surface area contributed by atoms with Gasteiger partial charge in [-0.2, -0.15) is 13.2 Å².